The van der Waals surface area contributed by atoms with E-state index < -0.39 is 6.10 Å². The maximum absolute atomic E-state index is 13.0. The fraction of sp³-hybridized carbons (Fsp3) is 0.901. The highest BCUT2D eigenvalue weighted by molar-refractivity contribution is 5.71. The Hall–Kier alpha value is -2.11. The van der Waals surface area contributed by atoms with E-state index in [1.165, 1.54) is 295 Å². The van der Waals surface area contributed by atoms with Crippen LogP contribution in [0.2, 0.25) is 0 Å². The minimum atomic E-state index is -0.770. The molecule has 0 fully saturated rings. The molecule has 0 saturated heterocycles. The van der Waals surface area contributed by atoms with Gasteiger partial charge < -0.3 is 14.2 Å². The summed E-state index contributed by atoms with van der Waals surface area (Å²) in [6.07, 6.45) is 80.5. The number of hydrogen-bond donors (Lipinski definition) is 0. The zero-order valence-electron chi connectivity index (χ0n) is 52.3. The van der Waals surface area contributed by atoms with Crippen LogP contribution in [0.4, 0.5) is 0 Å². The van der Waals surface area contributed by atoms with E-state index >= 15 is 0 Å². The lowest BCUT2D eigenvalue weighted by Gasteiger charge is -2.18. The largest absolute Gasteiger partial charge is 0.462 e. The number of carbonyl (C=O) groups excluding carboxylic acids is 3. The van der Waals surface area contributed by atoms with E-state index in [-0.39, 0.29) is 31.1 Å². The molecule has 0 N–H and O–H groups in total. The van der Waals surface area contributed by atoms with E-state index in [1.807, 2.05) is 0 Å². The smallest absolute Gasteiger partial charge is 0.306 e. The summed E-state index contributed by atoms with van der Waals surface area (Å²) in [5, 5.41) is 0. The van der Waals surface area contributed by atoms with Crippen LogP contribution < -0.4 is 0 Å². The second-order valence-electron chi connectivity index (χ2n) is 23.8. The molecule has 0 saturated carbocycles. The molecule has 0 bridgehead atoms. The highest BCUT2D eigenvalue weighted by Gasteiger charge is 2.19. The molecule has 0 amide bonds. The minimum absolute atomic E-state index is 0.0665. The molecule has 1 atom stereocenters. The second kappa shape index (κ2) is 66.4. The van der Waals surface area contributed by atoms with Gasteiger partial charge in [0.05, 0.1) is 0 Å². The van der Waals surface area contributed by atoms with Gasteiger partial charge in [0.25, 0.3) is 0 Å². The summed E-state index contributed by atoms with van der Waals surface area (Å²) in [6, 6.07) is 0. The molecule has 0 aromatic rings. The van der Waals surface area contributed by atoms with Crippen LogP contribution in [0, 0.1) is 0 Å². The lowest BCUT2D eigenvalue weighted by molar-refractivity contribution is -0.167. The van der Waals surface area contributed by atoms with Gasteiger partial charge in [-0.1, -0.05) is 328 Å². The molecule has 0 unspecified atom stereocenters. The number of hydrogen-bond acceptors (Lipinski definition) is 6. The third-order valence-corrected chi connectivity index (χ3v) is 15.9. The first-order valence-electron chi connectivity index (χ1n) is 34.8. The van der Waals surface area contributed by atoms with Crippen LogP contribution in [0.25, 0.3) is 0 Å². The van der Waals surface area contributed by atoms with Crippen molar-refractivity contribution in [1.82, 2.24) is 0 Å². The molecule has 0 aliphatic rings. The van der Waals surface area contributed by atoms with Gasteiger partial charge in [-0.15, -0.1) is 0 Å². The van der Waals surface area contributed by atoms with E-state index in [9.17, 15) is 14.4 Å². The number of carbonyl (C=O) groups is 3. The van der Waals surface area contributed by atoms with Crippen molar-refractivity contribution < 1.29 is 28.6 Å². The number of rotatable bonds is 65. The molecule has 6 heteroatoms. The molecule has 0 aliphatic heterocycles. The van der Waals surface area contributed by atoms with Gasteiger partial charge in [-0.2, -0.15) is 0 Å². The first-order valence-corrected chi connectivity index (χ1v) is 34.8. The fourth-order valence-electron chi connectivity index (χ4n) is 10.7. The van der Waals surface area contributed by atoms with Crippen LogP contribution in [-0.4, -0.2) is 37.2 Å². The average molecular weight is 1080 g/mol. The lowest BCUT2D eigenvalue weighted by atomic mass is 10.0. The molecule has 0 aliphatic carbocycles. The van der Waals surface area contributed by atoms with Gasteiger partial charge in [0, 0.05) is 19.3 Å². The Kier molecular flexibility index (Phi) is 64.6. The van der Waals surface area contributed by atoms with E-state index in [1.54, 1.807) is 0 Å². The minimum Gasteiger partial charge on any atom is -0.462 e. The average Bonchev–Trinajstić information content (AvgIpc) is 3.43. The monoisotopic (exact) mass is 1080 g/mol. The molecular formula is C71H134O6. The van der Waals surface area contributed by atoms with Crippen molar-refractivity contribution >= 4 is 17.9 Å². The fourth-order valence-corrected chi connectivity index (χ4v) is 10.7. The summed E-state index contributed by atoms with van der Waals surface area (Å²) in [7, 11) is 0. The normalized spacial score (nSPS) is 12.1. The summed E-state index contributed by atoms with van der Waals surface area (Å²) < 4.78 is 17.0. The van der Waals surface area contributed by atoms with Gasteiger partial charge in [-0.25, -0.2) is 0 Å². The maximum Gasteiger partial charge on any atom is 0.306 e. The van der Waals surface area contributed by atoms with Gasteiger partial charge in [0.15, 0.2) is 6.10 Å². The summed E-state index contributed by atoms with van der Waals surface area (Å²) in [6.45, 7) is 6.72. The SMILES string of the molecule is CCCCCCCC/C=C\CCCCCCCCCCCCCC(=O)OC[C@H](COC(=O)CCCCCCCCCCC/C=C\CCCCCCCC)OC(=O)CCCCCCCCCCCCCCCCCCCCC. The first kappa shape index (κ1) is 74.9. The van der Waals surface area contributed by atoms with Gasteiger partial charge >= 0.3 is 17.9 Å². The van der Waals surface area contributed by atoms with Crippen molar-refractivity contribution in [3.63, 3.8) is 0 Å². The molecule has 77 heavy (non-hydrogen) atoms. The summed E-state index contributed by atoms with van der Waals surface area (Å²) >= 11 is 0. The van der Waals surface area contributed by atoms with Crippen LogP contribution in [0.5, 0.6) is 0 Å². The predicted octanol–water partition coefficient (Wildman–Crippen LogP) is 23.8. The summed E-state index contributed by atoms with van der Waals surface area (Å²) in [5.74, 6) is -0.836. The van der Waals surface area contributed by atoms with Crippen molar-refractivity contribution in [2.75, 3.05) is 13.2 Å². The van der Waals surface area contributed by atoms with Gasteiger partial charge in [-0.3, -0.25) is 14.4 Å². The lowest BCUT2D eigenvalue weighted by Crippen LogP contribution is -2.30. The predicted molar refractivity (Wildman–Crippen MR) is 335 cm³/mol. The Morgan fingerprint density at radius 3 is 0.649 bits per heavy atom. The molecule has 0 radical (unpaired) electrons. The summed E-state index contributed by atoms with van der Waals surface area (Å²) in [5.41, 5.74) is 0. The third-order valence-electron chi connectivity index (χ3n) is 15.9. The molecule has 0 aromatic heterocycles. The molecule has 6 nitrogen and oxygen atoms in total. The van der Waals surface area contributed by atoms with Crippen molar-refractivity contribution in [2.45, 2.75) is 399 Å². The first-order chi connectivity index (χ1) is 38.0. The Labute approximate surface area is 481 Å². The molecule has 454 valence electrons. The third kappa shape index (κ3) is 64.6. The summed E-state index contributed by atoms with van der Waals surface area (Å²) in [4.78, 5) is 38.5. The van der Waals surface area contributed by atoms with Crippen LogP contribution in [-0.2, 0) is 28.6 Å². The van der Waals surface area contributed by atoms with E-state index in [0.29, 0.717) is 19.3 Å². The zero-order chi connectivity index (χ0) is 55.7. The standard InChI is InChI=1S/C71H134O6/c1-4-7-10-13-16-19-22-25-28-31-34-35-38-40-43-46-49-52-55-58-61-64-70(73)76-67-68(77-71(74)65-62-59-56-53-50-47-44-41-37-33-30-27-24-21-18-15-12-9-6-3)66-75-69(72)63-60-57-54-51-48-45-42-39-36-32-29-26-23-20-17-14-11-8-5-2/h25-26,28-29,68H,4-24,27,30-67H2,1-3H3/b28-25-,29-26-/t68-/m0/s1. The van der Waals surface area contributed by atoms with Gasteiger partial charge in [0.1, 0.15) is 13.2 Å². The van der Waals surface area contributed by atoms with Crippen molar-refractivity contribution in [2.24, 2.45) is 0 Å². The maximum atomic E-state index is 13.0. The number of unbranched alkanes of at least 4 members (excludes halogenated alkanes) is 50. The number of ether oxygens (including phenoxy) is 3. The van der Waals surface area contributed by atoms with E-state index in [0.717, 1.165) is 57.8 Å². The Balaban J connectivity index is 4.31. The Morgan fingerprint density at radius 2 is 0.429 bits per heavy atom. The number of esters is 3. The van der Waals surface area contributed by atoms with Crippen LogP contribution in [0.3, 0.4) is 0 Å². The molecule has 0 heterocycles. The van der Waals surface area contributed by atoms with Crippen LogP contribution >= 0.6 is 0 Å². The molecule has 0 spiro atoms. The number of allylic oxidation sites excluding steroid dienone is 4. The van der Waals surface area contributed by atoms with Gasteiger partial charge in [-0.05, 0) is 70.6 Å². The molecular weight excluding hydrogens is 949 g/mol. The highest BCUT2D eigenvalue weighted by Crippen LogP contribution is 2.18. The second-order valence-corrected chi connectivity index (χ2v) is 23.8. The zero-order valence-corrected chi connectivity index (χ0v) is 52.3. The van der Waals surface area contributed by atoms with Gasteiger partial charge in [0.2, 0.25) is 0 Å². The van der Waals surface area contributed by atoms with Crippen LogP contribution in [0.1, 0.15) is 393 Å². The topological polar surface area (TPSA) is 78.9 Å². The molecule has 0 rings (SSSR count). The van der Waals surface area contributed by atoms with Crippen molar-refractivity contribution in [3.05, 3.63) is 24.3 Å². The van der Waals surface area contributed by atoms with Crippen molar-refractivity contribution in [3.8, 4) is 0 Å². The quantitative estimate of drug-likeness (QED) is 0.0261. The van der Waals surface area contributed by atoms with Crippen molar-refractivity contribution in [1.29, 1.82) is 0 Å². The molecule has 0 aromatic carbocycles. The highest BCUT2D eigenvalue weighted by atomic mass is 16.6. The van der Waals surface area contributed by atoms with E-state index in [4.69, 9.17) is 14.2 Å². The van der Waals surface area contributed by atoms with E-state index in [2.05, 4.69) is 45.1 Å². The Morgan fingerprint density at radius 1 is 0.247 bits per heavy atom. The van der Waals surface area contributed by atoms with Crippen LogP contribution in [0.15, 0.2) is 24.3 Å². The Bertz CT molecular complexity index is 1240.